The molecular formula is C18H25Cl2N3O3S. The highest BCUT2D eigenvalue weighted by Crippen LogP contribution is 2.28. The molecule has 0 aromatic heterocycles. The van der Waals surface area contributed by atoms with Crippen molar-refractivity contribution < 1.29 is 13.2 Å². The van der Waals surface area contributed by atoms with Crippen LogP contribution in [-0.4, -0.2) is 61.8 Å². The maximum Gasteiger partial charge on any atom is 0.244 e. The third-order valence-corrected chi connectivity index (χ3v) is 8.03. The summed E-state index contributed by atoms with van der Waals surface area (Å²) < 4.78 is 27.2. The van der Waals surface area contributed by atoms with Crippen molar-refractivity contribution in [3.63, 3.8) is 0 Å². The standard InChI is InChI=1S/C18H25Cl2N3O3S/c1-13(18(24)21-15-4-2-3-5-15)22-8-10-23(11-9-22)27(25,26)17-12-14(19)6-7-16(17)20/h6-7,12-13,15H,2-5,8-11H2,1H3,(H,21,24). The second-order valence-corrected chi connectivity index (χ2v) is 9.93. The quantitative estimate of drug-likeness (QED) is 0.774. The molecule has 2 aliphatic rings. The van der Waals surface area contributed by atoms with Crippen molar-refractivity contribution >= 4 is 39.1 Å². The van der Waals surface area contributed by atoms with Crippen LogP contribution in [0.2, 0.25) is 10.0 Å². The number of piperazine rings is 1. The molecule has 1 heterocycles. The summed E-state index contributed by atoms with van der Waals surface area (Å²) in [5, 5.41) is 3.60. The van der Waals surface area contributed by atoms with Gasteiger partial charge in [0.1, 0.15) is 4.90 Å². The van der Waals surface area contributed by atoms with Crippen molar-refractivity contribution in [1.29, 1.82) is 0 Å². The number of amides is 1. The zero-order valence-electron chi connectivity index (χ0n) is 15.3. The van der Waals surface area contributed by atoms with Gasteiger partial charge in [0.15, 0.2) is 0 Å². The molecule has 6 nitrogen and oxygen atoms in total. The molecule has 0 radical (unpaired) electrons. The predicted molar refractivity (Wildman–Crippen MR) is 107 cm³/mol. The first-order chi connectivity index (χ1) is 12.8. The van der Waals surface area contributed by atoms with Crippen LogP contribution in [-0.2, 0) is 14.8 Å². The Morgan fingerprint density at radius 1 is 1.15 bits per heavy atom. The van der Waals surface area contributed by atoms with Gasteiger partial charge in [-0.1, -0.05) is 36.0 Å². The SMILES string of the molecule is CC(C(=O)NC1CCCC1)N1CCN(S(=O)(=O)c2cc(Cl)ccc2Cl)CC1. The fraction of sp³-hybridized carbons (Fsp3) is 0.611. The molecule has 0 spiro atoms. The van der Waals surface area contributed by atoms with Crippen LogP contribution >= 0.6 is 23.2 Å². The molecule has 1 aliphatic carbocycles. The molecule has 1 saturated carbocycles. The summed E-state index contributed by atoms with van der Waals surface area (Å²) in [6.07, 6.45) is 4.43. The second kappa shape index (κ2) is 8.66. The van der Waals surface area contributed by atoms with Gasteiger partial charge in [0, 0.05) is 37.2 Å². The van der Waals surface area contributed by atoms with Crippen LogP contribution in [0.5, 0.6) is 0 Å². The fourth-order valence-electron chi connectivity index (χ4n) is 3.70. The highest BCUT2D eigenvalue weighted by atomic mass is 35.5. The van der Waals surface area contributed by atoms with Gasteiger partial charge in [-0.2, -0.15) is 4.31 Å². The van der Waals surface area contributed by atoms with Gasteiger partial charge >= 0.3 is 0 Å². The van der Waals surface area contributed by atoms with Crippen molar-refractivity contribution in [2.45, 2.75) is 49.6 Å². The molecule has 1 N–H and O–H groups in total. The maximum atomic E-state index is 12.9. The molecule has 1 aromatic rings. The molecule has 150 valence electrons. The van der Waals surface area contributed by atoms with Gasteiger partial charge in [0.25, 0.3) is 0 Å². The molecule has 1 atom stereocenters. The number of carbonyl (C=O) groups is 1. The minimum Gasteiger partial charge on any atom is -0.352 e. The fourth-order valence-corrected chi connectivity index (χ4v) is 5.86. The lowest BCUT2D eigenvalue weighted by Crippen LogP contribution is -2.55. The van der Waals surface area contributed by atoms with E-state index in [0.29, 0.717) is 31.2 Å². The zero-order chi connectivity index (χ0) is 19.6. The first-order valence-electron chi connectivity index (χ1n) is 9.28. The van der Waals surface area contributed by atoms with Crippen molar-refractivity contribution in [3.8, 4) is 0 Å². The van der Waals surface area contributed by atoms with Gasteiger partial charge < -0.3 is 5.32 Å². The van der Waals surface area contributed by atoms with Crippen LogP contribution in [0.1, 0.15) is 32.6 Å². The third kappa shape index (κ3) is 4.77. The molecule has 1 aromatic carbocycles. The number of hydrogen-bond acceptors (Lipinski definition) is 4. The first-order valence-corrected chi connectivity index (χ1v) is 11.5. The number of carbonyl (C=O) groups excluding carboxylic acids is 1. The van der Waals surface area contributed by atoms with E-state index in [4.69, 9.17) is 23.2 Å². The summed E-state index contributed by atoms with van der Waals surface area (Å²) in [7, 11) is -3.71. The van der Waals surface area contributed by atoms with Crippen LogP contribution in [0.4, 0.5) is 0 Å². The lowest BCUT2D eigenvalue weighted by molar-refractivity contribution is -0.127. The largest absolute Gasteiger partial charge is 0.352 e. The summed E-state index contributed by atoms with van der Waals surface area (Å²) in [6.45, 7) is 3.49. The lowest BCUT2D eigenvalue weighted by Gasteiger charge is -2.37. The van der Waals surface area contributed by atoms with Crippen molar-refractivity contribution in [1.82, 2.24) is 14.5 Å². The topological polar surface area (TPSA) is 69.7 Å². The molecule has 1 amide bonds. The molecule has 0 bridgehead atoms. The number of halogens is 2. The van der Waals surface area contributed by atoms with Crippen LogP contribution < -0.4 is 5.32 Å². The third-order valence-electron chi connectivity index (χ3n) is 5.41. The summed E-state index contributed by atoms with van der Waals surface area (Å²) in [5.74, 6) is 0.0242. The zero-order valence-corrected chi connectivity index (χ0v) is 17.7. The summed E-state index contributed by atoms with van der Waals surface area (Å²) in [5.41, 5.74) is 0. The van der Waals surface area contributed by atoms with Gasteiger partial charge in [-0.25, -0.2) is 8.42 Å². The van der Waals surface area contributed by atoms with E-state index in [-0.39, 0.29) is 27.9 Å². The van der Waals surface area contributed by atoms with Gasteiger partial charge in [-0.3, -0.25) is 9.69 Å². The molecule has 3 rings (SSSR count). The van der Waals surface area contributed by atoms with E-state index >= 15 is 0 Å². The van der Waals surface area contributed by atoms with E-state index in [1.165, 1.54) is 29.3 Å². The Morgan fingerprint density at radius 2 is 1.78 bits per heavy atom. The smallest absolute Gasteiger partial charge is 0.244 e. The molecule has 9 heteroatoms. The number of nitrogens with zero attached hydrogens (tertiary/aromatic N) is 2. The van der Waals surface area contributed by atoms with Gasteiger partial charge in [-0.05, 0) is 38.0 Å². The predicted octanol–water partition coefficient (Wildman–Crippen LogP) is 2.75. The van der Waals surface area contributed by atoms with Gasteiger partial charge in [0.2, 0.25) is 15.9 Å². The van der Waals surface area contributed by atoms with Crippen LogP contribution in [0.25, 0.3) is 0 Å². The summed E-state index contributed by atoms with van der Waals surface area (Å²) in [6, 6.07) is 4.44. The van der Waals surface area contributed by atoms with Crippen molar-refractivity contribution in [2.75, 3.05) is 26.2 Å². The minimum atomic E-state index is -3.71. The molecule has 27 heavy (non-hydrogen) atoms. The Hall–Kier alpha value is -0.860. The van der Waals surface area contributed by atoms with E-state index in [1.807, 2.05) is 11.8 Å². The molecule has 1 saturated heterocycles. The Morgan fingerprint density at radius 3 is 2.41 bits per heavy atom. The minimum absolute atomic E-state index is 0.0242. The van der Waals surface area contributed by atoms with Gasteiger partial charge in [0.05, 0.1) is 11.1 Å². The van der Waals surface area contributed by atoms with E-state index in [9.17, 15) is 13.2 Å². The Bertz CT molecular complexity index is 789. The summed E-state index contributed by atoms with van der Waals surface area (Å²) >= 11 is 12.0. The number of rotatable bonds is 5. The van der Waals surface area contributed by atoms with E-state index in [1.54, 1.807) is 6.07 Å². The molecule has 1 aliphatic heterocycles. The van der Waals surface area contributed by atoms with Crippen LogP contribution in [0.15, 0.2) is 23.1 Å². The Kier molecular flexibility index (Phi) is 6.69. The Labute approximate surface area is 170 Å². The van der Waals surface area contributed by atoms with Gasteiger partial charge in [-0.15, -0.1) is 0 Å². The van der Waals surface area contributed by atoms with Crippen LogP contribution in [0.3, 0.4) is 0 Å². The normalized spacial score (nSPS) is 21.3. The van der Waals surface area contributed by atoms with E-state index < -0.39 is 10.0 Å². The second-order valence-electron chi connectivity index (χ2n) is 7.18. The molecule has 2 fully saturated rings. The van der Waals surface area contributed by atoms with Crippen LogP contribution in [0, 0.1) is 0 Å². The average Bonchev–Trinajstić information content (AvgIpc) is 3.16. The lowest BCUT2D eigenvalue weighted by atomic mass is 10.2. The maximum absolute atomic E-state index is 12.9. The highest BCUT2D eigenvalue weighted by Gasteiger charge is 2.33. The van der Waals surface area contributed by atoms with E-state index in [0.717, 1.165) is 12.8 Å². The monoisotopic (exact) mass is 433 g/mol. The number of nitrogens with one attached hydrogen (secondary N) is 1. The first kappa shape index (κ1) is 20.9. The molecule has 1 unspecified atom stereocenters. The number of hydrogen-bond donors (Lipinski definition) is 1. The summed E-state index contributed by atoms with van der Waals surface area (Å²) in [4.78, 5) is 14.5. The number of benzene rings is 1. The van der Waals surface area contributed by atoms with Crippen molar-refractivity contribution in [3.05, 3.63) is 28.2 Å². The Balaban J connectivity index is 1.60. The highest BCUT2D eigenvalue weighted by molar-refractivity contribution is 7.89. The van der Waals surface area contributed by atoms with Crippen molar-refractivity contribution in [2.24, 2.45) is 0 Å². The molecular weight excluding hydrogens is 409 g/mol. The van der Waals surface area contributed by atoms with E-state index in [2.05, 4.69) is 5.32 Å². The average molecular weight is 434 g/mol. The number of sulfonamides is 1.